The molecule has 122 valence electrons. The lowest BCUT2D eigenvalue weighted by molar-refractivity contribution is 0.528. The van der Waals surface area contributed by atoms with Crippen LogP contribution in [0.2, 0.25) is 0 Å². The van der Waals surface area contributed by atoms with E-state index in [4.69, 9.17) is 4.98 Å². The molecule has 2 heterocycles. The first kappa shape index (κ1) is 15.3. The van der Waals surface area contributed by atoms with Gasteiger partial charge in [-0.05, 0) is 24.8 Å². The van der Waals surface area contributed by atoms with Crippen LogP contribution >= 0.6 is 11.3 Å². The highest BCUT2D eigenvalue weighted by Crippen LogP contribution is 2.48. The van der Waals surface area contributed by atoms with E-state index in [0.29, 0.717) is 5.75 Å². The molecule has 1 saturated carbocycles. The molecule has 0 amide bonds. The molecule has 1 atom stereocenters. The summed E-state index contributed by atoms with van der Waals surface area (Å²) in [4.78, 5) is 4.94. The second-order valence-electron chi connectivity index (χ2n) is 6.83. The van der Waals surface area contributed by atoms with Gasteiger partial charge < -0.3 is 0 Å². The third-order valence-electron chi connectivity index (χ3n) is 5.37. The van der Waals surface area contributed by atoms with E-state index in [-0.39, 0.29) is 17.1 Å². The highest BCUT2D eigenvalue weighted by molar-refractivity contribution is 7.91. The summed E-state index contributed by atoms with van der Waals surface area (Å²) in [5, 5.41) is 3.28. The normalized spacial score (nSPS) is 25.7. The minimum absolute atomic E-state index is 0.0433. The first-order valence-corrected chi connectivity index (χ1v) is 11.0. The van der Waals surface area contributed by atoms with Gasteiger partial charge in [-0.15, -0.1) is 11.3 Å². The van der Waals surface area contributed by atoms with Crippen LogP contribution < -0.4 is 0 Å². The lowest BCUT2D eigenvalue weighted by atomic mass is 9.79. The first-order valence-electron chi connectivity index (χ1n) is 8.31. The van der Waals surface area contributed by atoms with Crippen LogP contribution in [0.15, 0.2) is 35.7 Å². The molecule has 1 aromatic heterocycles. The van der Waals surface area contributed by atoms with Gasteiger partial charge in [0.1, 0.15) is 5.01 Å². The fraction of sp³-hybridized carbons (Fsp3) is 0.500. The SMILES string of the molecule is O=S1(=O)CCC(c2csc(C3(c4ccccc4)CCCC3)n2)C1. The van der Waals surface area contributed by atoms with Crippen molar-refractivity contribution in [3.8, 4) is 0 Å². The van der Waals surface area contributed by atoms with Gasteiger partial charge in [-0.1, -0.05) is 43.2 Å². The Morgan fingerprint density at radius 3 is 2.52 bits per heavy atom. The summed E-state index contributed by atoms with van der Waals surface area (Å²) in [7, 11) is -2.86. The van der Waals surface area contributed by atoms with Gasteiger partial charge in [-0.2, -0.15) is 0 Å². The Labute approximate surface area is 141 Å². The van der Waals surface area contributed by atoms with E-state index in [2.05, 4.69) is 35.7 Å². The standard InChI is InChI=1S/C18H21NO2S2/c20-23(21)11-8-14(13-23)16-12-22-17(19-16)18(9-4-5-10-18)15-6-2-1-3-7-15/h1-3,6-7,12,14H,4-5,8-11,13H2. The Kier molecular flexibility index (Phi) is 3.81. The topological polar surface area (TPSA) is 47.0 Å². The van der Waals surface area contributed by atoms with E-state index in [1.165, 1.54) is 23.4 Å². The van der Waals surface area contributed by atoms with Crippen LogP contribution in [0.3, 0.4) is 0 Å². The summed E-state index contributed by atoms with van der Waals surface area (Å²) in [6.45, 7) is 0. The van der Waals surface area contributed by atoms with Gasteiger partial charge >= 0.3 is 0 Å². The van der Waals surface area contributed by atoms with Crippen molar-refractivity contribution in [1.29, 1.82) is 0 Å². The third kappa shape index (κ3) is 2.74. The van der Waals surface area contributed by atoms with Crippen molar-refractivity contribution in [2.24, 2.45) is 0 Å². The van der Waals surface area contributed by atoms with Crippen LogP contribution in [0, 0.1) is 0 Å². The lowest BCUT2D eigenvalue weighted by Crippen LogP contribution is -2.23. The zero-order chi connectivity index (χ0) is 15.9. The molecule has 0 bridgehead atoms. The zero-order valence-electron chi connectivity index (χ0n) is 13.1. The molecule has 2 aromatic rings. The summed E-state index contributed by atoms with van der Waals surface area (Å²) in [5.41, 5.74) is 2.40. The molecule has 2 fully saturated rings. The van der Waals surface area contributed by atoms with Crippen LogP contribution in [0.5, 0.6) is 0 Å². The maximum atomic E-state index is 11.7. The molecule has 1 aliphatic heterocycles. The molecule has 0 radical (unpaired) electrons. The van der Waals surface area contributed by atoms with E-state index in [9.17, 15) is 8.42 Å². The summed E-state index contributed by atoms with van der Waals surface area (Å²) in [5.74, 6) is 0.683. The van der Waals surface area contributed by atoms with E-state index in [1.807, 2.05) is 0 Å². The van der Waals surface area contributed by atoms with Crippen LogP contribution in [-0.4, -0.2) is 24.9 Å². The molecule has 2 aliphatic rings. The van der Waals surface area contributed by atoms with Crippen molar-refractivity contribution in [2.45, 2.75) is 43.4 Å². The molecule has 1 unspecified atom stereocenters. The van der Waals surface area contributed by atoms with Crippen molar-refractivity contribution in [3.63, 3.8) is 0 Å². The fourth-order valence-electron chi connectivity index (χ4n) is 4.08. The Balaban J connectivity index is 1.69. The molecule has 0 N–H and O–H groups in total. The zero-order valence-corrected chi connectivity index (χ0v) is 14.7. The molecule has 1 saturated heterocycles. The Hall–Kier alpha value is -1.20. The number of thiazole rings is 1. The summed E-state index contributed by atoms with van der Waals surface area (Å²) >= 11 is 1.72. The number of benzene rings is 1. The molecule has 5 heteroatoms. The van der Waals surface area contributed by atoms with Gasteiger partial charge in [0, 0.05) is 16.7 Å². The largest absolute Gasteiger partial charge is 0.245 e. The molecule has 23 heavy (non-hydrogen) atoms. The predicted molar refractivity (Wildman–Crippen MR) is 93.8 cm³/mol. The van der Waals surface area contributed by atoms with E-state index in [1.54, 1.807) is 11.3 Å². The summed E-state index contributed by atoms with van der Waals surface area (Å²) in [6.07, 6.45) is 5.49. The number of sulfone groups is 1. The minimum atomic E-state index is -2.86. The van der Waals surface area contributed by atoms with Crippen LogP contribution in [0.25, 0.3) is 0 Å². The van der Waals surface area contributed by atoms with Crippen molar-refractivity contribution in [2.75, 3.05) is 11.5 Å². The number of hydrogen-bond acceptors (Lipinski definition) is 4. The van der Waals surface area contributed by atoms with Crippen molar-refractivity contribution < 1.29 is 8.42 Å². The average molecular weight is 348 g/mol. The highest BCUT2D eigenvalue weighted by Gasteiger charge is 2.40. The van der Waals surface area contributed by atoms with Crippen LogP contribution in [0.4, 0.5) is 0 Å². The molecule has 3 nitrogen and oxygen atoms in total. The summed E-state index contributed by atoms with van der Waals surface area (Å²) < 4.78 is 23.5. The van der Waals surface area contributed by atoms with Crippen LogP contribution in [0.1, 0.15) is 54.3 Å². The smallest absolute Gasteiger partial charge is 0.151 e. The summed E-state index contributed by atoms with van der Waals surface area (Å²) in [6, 6.07) is 10.7. The van der Waals surface area contributed by atoms with E-state index >= 15 is 0 Å². The fourth-order valence-corrected chi connectivity index (χ4v) is 7.03. The quantitative estimate of drug-likeness (QED) is 0.846. The van der Waals surface area contributed by atoms with Gasteiger partial charge in [0.15, 0.2) is 9.84 Å². The molecule has 0 spiro atoms. The number of rotatable bonds is 3. The second kappa shape index (κ2) is 5.71. The van der Waals surface area contributed by atoms with Gasteiger partial charge in [-0.25, -0.2) is 13.4 Å². The predicted octanol–water partition coefficient (Wildman–Crippen LogP) is 3.91. The van der Waals surface area contributed by atoms with Gasteiger partial charge in [-0.3, -0.25) is 0 Å². The lowest BCUT2D eigenvalue weighted by Gasteiger charge is -2.27. The van der Waals surface area contributed by atoms with Crippen molar-refractivity contribution in [3.05, 3.63) is 52.0 Å². The molecular weight excluding hydrogens is 326 g/mol. The number of hydrogen-bond donors (Lipinski definition) is 0. The van der Waals surface area contributed by atoms with Crippen LogP contribution in [-0.2, 0) is 15.3 Å². The monoisotopic (exact) mass is 347 g/mol. The molecule has 1 aliphatic carbocycles. The maximum Gasteiger partial charge on any atom is 0.151 e. The Bertz CT molecular complexity index is 789. The van der Waals surface area contributed by atoms with Crippen molar-refractivity contribution in [1.82, 2.24) is 4.98 Å². The molecule has 1 aromatic carbocycles. The second-order valence-corrected chi connectivity index (χ2v) is 9.92. The minimum Gasteiger partial charge on any atom is -0.245 e. The van der Waals surface area contributed by atoms with E-state index < -0.39 is 9.84 Å². The maximum absolute atomic E-state index is 11.7. The number of nitrogens with zero attached hydrogens (tertiary/aromatic N) is 1. The molecule has 4 rings (SSSR count). The van der Waals surface area contributed by atoms with Gasteiger partial charge in [0.2, 0.25) is 0 Å². The van der Waals surface area contributed by atoms with E-state index in [0.717, 1.165) is 25.0 Å². The first-order chi connectivity index (χ1) is 11.1. The van der Waals surface area contributed by atoms with Crippen molar-refractivity contribution >= 4 is 21.2 Å². The highest BCUT2D eigenvalue weighted by atomic mass is 32.2. The third-order valence-corrected chi connectivity index (χ3v) is 8.20. The molecular formula is C18H21NO2S2. The van der Waals surface area contributed by atoms with Gasteiger partial charge in [0.25, 0.3) is 0 Å². The van der Waals surface area contributed by atoms with Gasteiger partial charge in [0.05, 0.1) is 17.2 Å². The Morgan fingerprint density at radius 1 is 1.13 bits per heavy atom. The Morgan fingerprint density at radius 2 is 1.87 bits per heavy atom. The average Bonchev–Trinajstić information content (AvgIpc) is 3.26. The number of aromatic nitrogens is 1.